The molecule has 2 aromatic carbocycles. The fourth-order valence-corrected chi connectivity index (χ4v) is 1.81. The minimum Gasteiger partial charge on any atom is -0.366 e. The fourth-order valence-electron chi connectivity index (χ4n) is 1.81. The van der Waals surface area contributed by atoms with E-state index in [0.29, 0.717) is 17.7 Å². The standard InChI is InChI=1S/C15H14N2O2/c1-2-7-17-15(19)12-6-4-10-3-5-11(14(16)18)8-13(10)9-12/h2-6,8-9H,1,7H2,(H2,16,18)(H,17,19). The van der Waals surface area contributed by atoms with Crippen LogP contribution < -0.4 is 11.1 Å². The predicted molar refractivity (Wildman–Crippen MR) is 75.0 cm³/mol. The van der Waals surface area contributed by atoms with Gasteiger partial charge in [0.05, 0.1) is 0 Å². The zero-order valence-corrected chi connectivity index (χ0v) is 10.3. The summed E-state index contributed by atoms with van der Waals surface area (Å²) in [6.45, 7) is 3.96. The largest absolute Gasteiger partial charge is 0.366 e. The minimum absolute atomic E-state index is 0.175. The van der Waals surface area contributed by atoms with Gasteiger partial charge in [0.2, 0.25) is 5.91 Å². The van der Waals surface area contributed by atoms with Gasteiger partial charge in [0.1, 0.15) is 0 Å². The lowest BCUT2D eigenvalue weighted by Crippen LogP contribution is -2.23. The molecule has 0 spiro atoms. The van der Waals surface area contributed by atoms with Crippen molar-refractivity contribution in [1.29, 1.82) is 0 Å². The number of carbonyl (C=O) groups is 2. The molecule has 0 atom stereocenters. The summed E-state index contributed by atoms with van der Waals surface area (Å²) in [4.78, 5) is 23.0. The number of benzene rings is 2. The average molecular weight is 254 g/mol. The zero-order chi connectivity index (χ0) is 13.8. The summed E-state index contributed by atoms with van der Waals surface area (Å²) >= 11 is 0. The third-order valence-electron chi connectivity index (χ3n) is 2.79. The monoisotopic (exact) mass is 254 g/mol. The Morgan fingerprint density at radius 3 is 2.37 bits per heavy atom. The molecule has 0 saturated heterocycles. The van der Waals surface area contributed by atoms with Crippen LogP contribution in [0.2, 0.25) is 0 Å². The molecule has 0 radical (unpaired) electrons. The number of carbonyl (C=O) groups excluding carboxylic acids is 2. The lowest BCUT2D eigenvalue weighted by atomic mass is 10.0. The summed E-state index contributed by atoms with van der Waals surface area (Å²) in [6.07, 6.45) is 1.62. The molecule has 3 N–H and O–H groups in total. The summed E-state index contributed by atoms with van der Waals surface area (Å²) < 4.78 is 0. The second-order valence-electron chi connectivity index (χ2n) is 4.14. The van der Waals surface area contributed by atoms with E-state index in [2.05, 4.69) is 11.9 Å². The Morgan fingerprint density at radius 2 is 1.74 bits per heavy atom. The molecule has 0 unspecified atom stereocenters. The van der Waals surface area contributed by atoms with E-state index >= 15 is 0 Å². The Morgan fingerprint density at radius 1 is 1.11 bits per heavy atom. The van der Waals surface area contributed by atoms with Gasteiger partial charge in [0.15, 0.2) is 0 Å². The first-order valence-corrected chi connectivity index (χ1v) is 5.84. The molecule has 4 nitrogen and oxygen atoms in total. The van der Waals surface area contributed by atoms with Crippen molar-refractivity contribution in [2.24, 2.45) is 5.73 Å². The van der Waals surface area contributed by atoms with Gasteiger partial charge in [0, 0.05) is 17.7 Å². The summed E-state index contributed by atoms with van der Waals surface area (Å²) in [6, 6.07) is 10.5. The van der Waals surface area contributed by atoms with Crippen LogP contribution in [0.3, 0.4) is 0 Å². The molecular formula is C15H14N2O2. The van der Waals surface area contributed by atoms with Crippen LogP contribution in [0, 0.1) is 0 Å². The minimum atomic E-state index is -0.483. The molecule has 19 heavy (non-hydrogen) atoms. The highest BCUT2D eigenvalue weighted by Gasteiger charge is 2.07. The van der Waals surface area contributed by atoms with Crippen LogP contribution in [-0.2, 0) is 0 Å². The van der Waals surface area contributed by atoms with Crippen molar-refractivity contribution in [3.8, 4) is 0 Å². The molecule has 96 valence electrons. The summed E-state index contributed by atoms with van der Waals surface area (Å²) in [7, 11) is 0. The topological polar surface area (TPSA) is 72.2 Å². The van der Waals surface area contributed by atoms with Gasteiger partial charge in [-0.1, -0.05) is 18.2 Å². The second-order valence-corrected chi connectivity index (χ2v) is 4.14. The number of hydrogen-bond acceptors (Lipinski definition) is 2. The van der Waals surface area contributed by atoms with Crippen LogP contribution in [0.4, 0.5) is 0 Å². The summed E-state index contributed by atoms with van der Waals surface area (Å²) in [5.74, 6) is -0.658. The molecule has 0 aliphatic carbocycles. The maximum atomic E-state index is 11.8. The number of nitrogens with two attached hydrogens (primary N) is 1. The van der Waals surface area contributed by atoms with E-state index in [1.165, 1.54) is 0 Å². The number of amides is 2. The van der Waals surface area contributed by atoms with E-state index in [1.807, 2.05) is 6.07 Å². The van der Waals surface area contributed by atoms with Crippen molar-refractivity contribution in [2.45, 2.75) is 0 Å². The van der Waals surface area contributed by atoms with Crippen molar-refractivity contribution in [3.05, 3.63) is 60.2 Å². The van der Waals surface area contributed by atoms with Crippen LogP contribution in [0.5, 0.6) is 0 Å². The van der Waals surface area contributed by atoms with E-state index in [9.17, 15) is 9.59 Å². The zero-order valence-electron chi connectivity index (χ0n) is 10.3. The van der Waals surface area contributed by atoms with Gasteiger partial charge in [-0.3, -0.25) is 9.59 Å². The quantitative estimate of drug-likeness (QED) is 0.817. The molecule has 2 rings (SSSR count). The van der Waals surface area contributed by atoms with Crippen LogP contribution in [0.25, 0.3) is 10.8 Å². The maximum absolute atomic E-state index is 11.8. The summed E-state index contributed by atoms with van der Waals surface area (Å²) in [5, 5.41) is 4.46. The molecule has 0 aliphatic rings. The van der Waals surface area contributed by atoms with E-state index in [-0.39, 0.29) is 5.91 Å². The van der Waals surface area contributed by atoms with Crippen molar-refractivity contribution in [2.75, 3.05) is 6.54 Å². The molecule has 0 aliphatic heterocycles. The van der Waals surface area contributed by atoms with Crippen LogP contribution in [-0.4, -0.2) is 18.4 Å². The van der Waals surface area contributed by atoms with E-state index in [0.717, 1.165) is 10.8 Å². The molecule has 0 bridgehead atoms. The summed E-state index contributed by atoms with van der Waals surface area (Å²) in [5.41, 5.74) is 6.20. The Kier molecular flexibility index (Phi) is 3.61. The van der Waals surface area contributed by atoms with Gasteiger partial charge >= 0.3 is 0 Å². The highest BCUT2D eigenvalue weighted by Crippen LogP contribution is 2.18. The lowest BCUT2D eigenvalue weighted by Gasteiger charge is -2.05. The van der Waals surface area contributed by atoms with Crippen LogP contribution >= 0.6 is 0 Å². The lowest BCUT2D eigenvalue weighted by molar-refractivity contribution is 0.0956. The second kappa shape index (κ2) is 5.35. The number of fused-ring (bicyclic) bond motifs is 1. The van der Waals surface area contributed by atoms with E-state index < -0.39 is 5.91 Å². The third kappa shape index (κ3) is 2.80. The van der Waals surface area contributed by atoms with Crippen molar-refractivity contribution in [3.63, 3.8) is 0 Å². The van der Waals surface area contributed by atoms with Gasteiger partial charge in [-0.2, -0.15) is 0 Å². The smallest absolute Gasteiger partial charge is 0.251 e. The first-order valence-electron chi connectivity index (χ1n) is 5.84. The molecule has 0 aromatic heterocycles. The van der Waals surface area contributed by atoms with Crippen LogP contribution in [0.15, 0.2) is 49.1 Å². The predicted octanol–water partition coefficient (Wildman–Crippen LogP) is 1.85. The number of nitrogens with one attached hydrogen (secondary N) is 1. The average Bonchev–Trinajstić information content (AvgIpc) is 2.43. The van der Waals surface area contributed by atoms with E-state index in [4.69, 9.17) is 5.73 Å². The highest BCUT2D eigenvalue weighted by molar-refractivity contribution is 6.01. The molecule has 0 fully saturated rings. The number of hydrogen-bond donors (Lipinski definition) is 2. The molecule has 0 heterocycles. The molecule has 2 amide bonds. The number of primary amides is 1. The first-order chi connectivity index (χ1) is 9.11. The SMILES string of the molecule is C=CCNC(=O)c1ccc2ccc(C(N)=O)cc2c1. The van der Waals surface area contributed by atoms with Gasteiger partial charge in [0.25, 0.3) is 5.91 Å². The maximum Gasteiger partial charge on any atom is 0.251 e. The number of rotatable bonds is 4. The van der Waals surface area contributed by atoms with Crippen molar-refractivity contribution < 1.29 is 9.59 Å². The van der Waals surface area contributed by atoms with Gasteiger partial charge in [-0.05, 0) is 35.0 Å². The Hall–Kier alpha value is -2.62. The third-order valence-corrected chi connectivity index (χ3v) is 2.79. The normalized spacial score (nSPS) is 10.1. The molecule has 0 saturated carbocycles. The van der Waals surface area contributed by atoms with E-state index in [1.54, 1.807) is 36.4 Å². The van der Waals surface area contributed by atoms with Crippen molar-refractivity contribution in [1.82, 2.24) is 5.32 Å². The highest BCUT2D eigenvalue weighted by atomic mass is 16.2. The van der Waals surface area contributed by atoms with Crippen molar-refractivity contribution >= 4 is 22.6 Å². The Balaban J connectivity index is 2.40. The first kappa shape index (κ1) is 12.8. The van der Waals surface area contributed by atoms with Crippen LogP contribution in [0.1, 0.15) is 20.7 Å². The van der Waals surface area contributed by atoms with Gasteiger partial charge < -0.3 is 11.1 Å². The molecule has 2 aromatic rings. The molecular weight excluding hydrogens is 240 g/mol. The van der Waals surface area contributed by atoms with Gasteiger partial charge in [-0.15, -0.1) is 6.58 Å². The Bertz CT molecular complexity index is 662. The van der Waals surface area contributed by atoms with Gasteiger partial charge in [-0.25, -0.2) is 0 Å². The Labute approximate surface area is 110 Å². The fraction of sp³-hybridized carbons (Fsp3) is 0.0667. The molecule has 4 heteroatoms.